The van der Waals surface area contributed by atoms with E-state index in [1.165, 1.54) is 0 Å². The number of carbonyl (C=O) groups excluding carboxylic acids is 2. The van der Waals surface area contributed by atoms with Crippen LogP contribution in [0.1, 0.15) is 53.4 Å². The summed E-state index contributed by atoms with van der Waals surface area (Å²) >= 11 is 0. The van der Waals surface area contributed by atoms with Crippen molar-refractivity contribution in [3.05, 3.63) is 0 Å². The van der Waals surface area contributed by atoms with E-state index in [2.05, 4.69) is 0 Å². The van der Waals surface area contributed by atoms with Crippen LogP contribution in [0.4, 0.5) is 0 Å². The molecule has 0 radical (unpaired) electrons. The molecule has 0 aromatic rings. The topological polar surface area (TPSA) is 52.6 Å². The lowest BCUT2D eigenvalue weighted by atomic mass is 9.82. The van der Waals surface area contributed by atoms with Gasteiger partial charge in [-0.1, -0.05) is 13.8 Å². The van der Waals surface area contributed by atoms with E-state index in [0.29, 0.717) is 12.5 Å². The summed E-state index contributed by atoms with van der Waals surface area (Å²) in [6.45, 7) is 8.23. The van der Waals surface area contributed by atoms with Gasteiger partial charge >= 0.3 is 11.9 Å². The van der Waals surface area contributed by atoms with Crippen molar-refractivity contribution in [3.8, 4) is 0 Å². The first-order valence-corrected chi connectivity index (χ1v) is 7.27. The first-order chi connectivity index (χ1) is 8.90. The lowest BCUT2D eigenvalue weighted by Gasteiger charge is -2.26. The van der Waals surface area contributed by atoms with Gasteiger partial charge in [0.1, 0.15) is 0 Å². The minimum Gasteiger partial charge on any atom is -0.465 e. The van der Waals surface area contributed by atoms with Crippen molar-refractivity contribution in [2.45, 2.75) is 59.5 Å². The molecule has 0 aromatic carbocycles. The van der Waals surface area contributed by atoms with Gasteiger partial charge in [-0.15, -0.1) is 0 Å². The van der Waals surface area contributed by atoms with Gasteiger partial charge in [-0.2, -0.15) is 0 Å². The summed E-state index contributed by atoms with van der Waals surface area (Å²) in [5, 5.41) is 0. The van der Waals surface area contributed by atoms with Crippen LogP contribution in [0.15, 0.2) is 0 Å². The molecule has 1 rings (SSSR count). The Balaban J connectivity index is 2.32. The monoisotopic (exact) mass is 270 g/mol. The average Bonchev–Trinajstić information content (AvgIpc) is 2.35. The summed E-state index contributed by atoms with van der Waals surface area (Å²) in [4.78, 5) is 23.6. The molecule has 0 bridgehead atoms. The van der Waals surface area contributed by atoms with E-state index < -0.39 is 0 Å². The molecule has 0 spiro atoms. The molecule has 1 fully saturated rings. The van der Waals surface area contributed by atoms with E-state index in [1.54, 1.807) is 0 Å². The van der Waals surface area contributed by atoms with Gasteiger partial charge in [0.25, 0.3) is 0 Å². The molecule has 0 heterocycles. The summed E-state index contributed by atoms with van der Waals surface area (Å²) in [5.74, 6) is 0.0492. The molecule has 0 saturated heterocycles. The number of rotatable bonds is 5. The van der Waals surface area contributed by atoms with Crippen molar-refractivity contribution >= 4 is 11.9 Å². The second-order valence-corrected chi connectivity index (χ2v) is 6.06. The molecule has 19 heavy (non-hydrogen) atoms. The molecule has 1 aliphatic rings. The zero-order valence-corrected chi connectivity index (χ0v) is 12.5. The predicted molar refractivity (Wildman–Crippen MR) is 72.5 cm³/mol. The Kier molecular flexibility index (Phi) is 6.32. The molecule has 110 valence electrons. The Hall–Kier alpha value is -1.06. The lowest BCUT2D eigenvalue weighted by molar-refractivity contribution is -0.157. The van der Waals surface area contributed by atoms with Gasteiger partial charge in [0.2, 0.25) is 0 Å². The molecular weight excluding hydrogens is 244 g/mol. The van der Waals surface area contributed by atoms with Crippen LogP contribution >= 0.6 is 0 Å². The van der Waals surface area contributed by atoms with Crippen molar-refractivity contribution in [1.82, 2.24) is 0 Å². The average molecular weight is 270 g/mol. The molecule has 0 N–H and O–H groups in total. The largest absolute Gasteiger partial charge is 0.465 e. The Morgan fingerprint density at radius 3 is 1.84 bits per heavy atom. The quantitative estimate of drug-likeness (QED) is 0.721. The minimum atomic E-state index is -0.121. The number of ether oxygens (including phenoxy) is 2. The summed E-state index contributed by atoms with van der Waals surface area (Å²) in [6, 6.07) is 0. The first kappa shape index (κ1) is 16.0. The van der Waals surface area contributed by atoms with Crippen LogP contribution in [-0.4, -0.2) is 24.6 Å². The van der Waals surface area contributed by atoms with E-state index in [0.717, 1.165) is 25.7 Å². The summed E-state index contributed by atoms with van der Waals surface area (Å²) in [6.07, 6.45) is 2.85. The Labute approximate surface area is 115 Å². The molecule has 0 unspecified atom stereocenters. The molecule has 0 atom stereocenters. The fraction of sp³-hybridized carbons (Fsp3) is 0.867. The number of hydrogen-bond acceptors (Lipinski definition) is 4. The second kappa shape index (κ2) is 7.51. The number of carbonyl (C=O) groups is 2. The molecule has 0 aliphatic heterocycles. The molecule has 1 saturated carbocycles. The normalized spacial score (nSPS) is 23.5. The standard InChI is InChI=1S/C15H26O4/c1-10(2)9-18-14(16)12-5-7-13(8-6-12)15(17)19-11(3)4/h10-13H,5-9H2,1-4H3. The Morgan fingerprint density at radius 1 is 0.947 bits per heavy atom. The van der Waals surface area contributed by atoms with Crippen LogP contribution in [0.3, 0.4) is 0 Å². The molecule has 0 aromatic heterocycles. The SMILES string of the molecule is CC(C)COC(=O)C1CCC(C(=O)OC(C)C)CC1. The highest BCUT2D eigenvalue weighted by Crippen LogP contribution is 2.30. The first-order valence-electron chi connectivity index (χ1n) is 7.27. The third-order valence-corrected chi connectivity index (χ3v) is 3.30. The van der Waals surface area contributed by atoms with Crippen LogP contribution in [0.5, 0.6) is 0 Å². The highest BCUT2D eigenvalue weighted by atomic mass is 16.5. The second-order valence-electron chi connectivity index (χ2n) is 6.06. The van der Waals surface area contributed by atoms with Gasteiger partial charge in [0, 0.05) is 0 Å². The van der Waals surface area contributed by atoms with Crippen molar-refractivity contribution < 1.29 is 19.1 Å². The van der Waals surface area contributed by atoms with Crippen molar-refractivity contribution in [1.29, 1.82) is 0 Å². The van der Waals surface area contributed by atoms with E-state index in [9.17, 15) is 9.59 Å². The van der Waals surface area contributed by atoms with Crippen molar-refractivity contribution in [2.24, 2.45) is 17.8 Å². The summed E-state index contributed by atoms with van der Waals surface area (Å²) in [5.41, 5.74) is 0. The zero-order valence-electron chi connectivity index (χ0n) is 12.5. The number of hydrogen-bond donors (Lipinski definition) is 0. The lowest BCUT2D eigenvalue weighted by Crippen LogP contribution is -2.29. The highest BCUT2D eigenvalue weighted by molar-refractivity contribution is 5.75. The van der Waals surface area contributed by atoms with Crippen molar-refractivity contribution in [2.75, 3.05) is 6.61 Å². The van der Waals surface area contributed by atoms with Gasteiger partial charge in [0.15, 0.2) is 0 Å². The van der Waals surface area contributed by atoms with Crippen LogP contribution < -0.4 is 0 Å². The highest BCUT2D eigenvalue weighted by Gasteiger charge is 2.31. The zero-order chi connectivity index (χ0) is 14.4. The third kappa shape index (κ3) is 5.62. The maximum Gasteiger partial charge on any atom is 0.309 e. The van der Waals surface area contributed by atoms with Gasteiger partial charge < -0.3 is 9.47 Å². The fourth-order valence-electron chi connectivity index (χ4n) is 2.26. The number of esters is 2. The maximum absolute atomic E-state index is 11.8. The smallest absolute Gasteiger partial charge is 0.309 e. The van der Waals surface area contributed by atoms with E-state index in [4.69, 9.17) is 9.47 Å². The molecule has 4 heteroatoms. The summed E-state index contributed by atoms with van der Waals surface area (Å²) in [7, 11) is 0. The third-order valence-electron chi connectivity index (χ3n) is 3.30. The van der Waals surface area contributed by atoms with E-state index >= 15 is 0 Å². The maximum atomic E-state index is 11.8. The minimum absolute atomic E-state index is 0.0400. The Bertz CT molecular complexity index is 301. The van der Waals surface area contributed by atoms with Gasteiger partial charge in [-0.05, 0) is 45.4 Å². The molecule has 0 amide bonds. The Morgan fingerprint density at radius 2 is 1.42 bits per heavy atom. The van der Waals surface area contributed by atoms with Gasteiger partial charge in [-0.25, -0.2) is 0 Å². The van der Waals surface area contributed by atoms with Crippen molar-refractivity contribution in [3.63, 3.8) is 0 Å². The van der Waals surface area contributed by atoms with Crippen LogP contribution in [0.2, 0.25) is 0 Å². The molecular formula is C15H26O4. The van der Waals surface area contributed by atoms with E-state index in [1.807, 2.05) is 27.7 Å². The predicted octanol–water partition coefficient (Wildman–Crippen LogP) is 2.94. The van der Waals surface area contributed by atoms with Gasteiger partial charge in [0.05, 0.1) is 24.5 Å². The summed E-state index contributed by atoms with van der Waals surface area (Å²) < 4.78 is 10.5. The van der Waals surface area contributed by atoms with E-state index in [-0.39, 0.29) is 29.9 Å². The fourth-order valence-corrected chi connectivity index (χ4v) is 2.26. The van der Waals surface area contributed by atoms with Crippen LogP contribution in [0.25, 0.3) is 0 Å². The molecule has 4 nitrogen and oxygen atoms in total. The van der Waals surface area contributed by atoms with Gasteiger partial charge in [-0.3, -0.25) is 9.59 Å². The van der Waals surface area contributed by atoms with Crippen LogP contribution in [0, 0.1) is 17.8 Å². The molecule has 1 aliphatic carbocycles. The van der Waals surface area contributed by atoms with Crippen LogP contribution in [-0.2, 0) is 19.1 Å².